The molecule has 0 saturated heterocycles. The molecule has 2 heteroatoms. The minimum Gasteiger partial charge on any atom is -0.316 e. The predicted octanol–water partition coefficient (Wildman–Crippen LogP) is 4.49. The zero-order chi connectivity index (χ0) is 13.0. The highest BCUT2D eigenvalue weighted by Gasteiger charge is 2.40. The van der Waals surface area contributed by atoms with Crippen LogP contribution in [0.2, 0.25) is 0 Å². The summed E-state index contributed by atoms with van der Waals surface area (Å²) in [6.45, 7) is 4.74. The van der Waals surface area contributed by atoms with Crippen LogP contribution in [0.15, 0.2) is 16.8 Å². The van der Waals surface area contributed by atoms with Crippen molar-refractivity contribution in [2.45, 2.75) is 58.4 Å². The summed E-state index contributed by atoms with van der Waals surface area (Å²) in [5, 5.41) is 8.14. The van der Waals surface area contributed by atoms with Crippen molar-refractivity contribution in [3.63, 3.8) is 0 Å². The molecule has 1 nitrogen and oxygen atoms in total. The van der Waals surface area contributed by atoms with E-state index in [1.54, 1.807) is 0 Å². The molecule has 0 aliphatic heterocycles. The molecule has 0 spiro atoms. The fourth-order valence-corrected chi connectivity index (χ4v) is 4.54. The maximum atomic E-state index is 3.63. The second-order valence-electron chi connectivity index (χ2n) is 6.34. The second kappa shape index (κ2) is 6.21. The van der Waals surface area contributed by atoms with Crippen molar-refractivity contribution in [2.24, 2.45) is 11.3 Å². The van der Waals surface area contributed by atoms with Crippen LogP contribution in [0.3, 0.4) is 0 Å². The van der Waals surface area contributed by atoms with E-state index >= 15 is 0 Å². The maximum Gasteiger partial charge on any atom is 0.0161 e. The third kappa shape index (κ3) is 3.16. The van der Waals surface area contributed by atoms with E-state index in [-0.39, 0.29) is 0 Å². The van der Waals surface area contributed by atoms with Crippen molar-refractivity contribution >= 4 is 11.3 Å². The predicted molar refractivity (Wildman–Crippen MR) is 81.2 cm³/mol. The molecular weight excluding hydrogens is 238 g/mol. The van der Waals surface area contributed by atoms with Crippen LogP contribution in [-0.4, -0.2) is 13.1 Å². The van der Waals surface area contributed by atoms with Gasteiger partial charge in [0, 0.05) is 6.04 Å². The quantitative estimate of drug-likeness (QED) is 0.799. The highest BCUT2D eigenvalue weighted by atomic mass is 32.1. The molecule has 0 amide bonds. The molecule has 0 radical (unpaired) electrons. The Labute approximate surface area is 116 Å². The van der Waals surface area contributed by atoms with E-state index in [9.17, 15) is 0 Å². The first-order chi connectivity index (χ1) is 8.66. The summed E-state index contributed by atoms with van der Waals surface area (Å²) < 4.78 is 0. The van der Waals surface area contributed by atoms with Gasteiger partial charge in [-0.1, -0.05) is 26.7 Å². The smallest absolute Gasteiger partial charge is 0.0161 e. The van der Waals surface area contributed by atoms with E-state index in [4.69, 9.17) is 0 Å². The van der Waals surface area contributed by atoms with Gasteiger partial charge in [-0.05, 0) is 66.5 Å². The highest BCUT2D eigenvalue weighted by molar-refractivity contribution is 7.07. The van der Waals surface area contributed by atoms with Crippen LogP contribution in [0.25, 0.3) is 0 Å². The minimum atomic E-state index is 0.546. The summed E-state index contributed by atoms with van der Waals surface area (Å²) in [5.74, 6) is 0.807. The molecular formula is C16H27NS. The third-order valence-electron chi connectivity index (χ3n) is 4.52. The lowest BCUT2D eigenvalue weighted by molar-refractivity contribution is 0.160. The van der Waals surface area contributed by atoms with Gasteiger partial charge in [0.15, 0.2) is 0 Å². The number of likely N-dealkylation sites (N-methyl/N-ethyl adjacent to an activating group) is 1. The second-order valence-corrected chi connectivity index (χ2v) is 7.12. The Morgan fingerprint density at radius 2 is 2.06 bits per heavy atom. The zero-order valence-electron chi connectivity index (χ0n) is 12.0. The van der Waals surface area contributed by atoms with Gasteiger partial charge in [-0.2, -0.15) is 11.3 Å². The van der Waals surface area contributed by atoms with Crippen LogP contribution < -0.4 is 5.32 Å². The Bertz CT molecular complexity index is 336. The summed E-state index contributed by atoms with van der Waals surface area (Å²) in [6, 6.07) is 2.93. The molecule has 1 aliphatic carbocycles. The normalized spacial score (nSPS) is 20.4. The van der Waals surface area contributed by atoms with E-state index in [1.807, 2.05) is 11.3 Å². The van der Waals surface area contributed by atoms with Crippen LogP contribution in [0.1, 0.15) is 51.5 Å². The van der Waals surface area contributed by atoms with Crippen LogP contribution in [0, 0.1) is 11.3 Å². The minimum absolute atomic E-state index is 0.546. The Kier molecular flexibility index (Phi) is 4.85. The molecule has 1 aromatic rings. The van der Waals surface area contributed by atoms with Gasteiger partial charge in [-0.15, -0.1) is 0 Å². The summed E-state index contributed by atoms with van der Waals surface area (Å²) >= 11 is 1.82. The average Bonchev–Trinajstić information content (AvgIpc) is 2.96. The van der Waals surface area contributed by atoms with Crippen molar-refractivity contribution < 1.29 is 0 Å². The van der Waals surface area contributed by atoms with Crippen molar-refractivity contribution in [3.05, 3.63) is 22.4 Å². The van der Waals surface area contributed by atoms with Crippen LogP contribution in [0.5, 0.6) is 0 Å². The lowest BCUT2D eigenvalue weighted by Gasteiger charge is -2.39. The molecule has 1 aliphatic rings. The largest absolute Gasteiger partial charge is 0.316 e. The molecule has 1 unspecified atom stereocenters. The molecule has 102 valence electrons. The summed E-state index contributed by atoms with van der Waals surface area (Å²) in [5.41, 5.74) is 2.06. The summed E-state index contributed by atoms with van der Waals surface area (Å²) in [6.07, 6.45) is 8.26. The third-order valence-corrected chi connectivity index (χ3v) is 5.25. The fraction of sp³-hybridized carbons (Fsp3) is 0.750. The van der Waals surface area contributed by atoms with Crippen LogP contribution >= 0.6 is 11.3 Å². The van der Waals surface area contributed by atoms with E-state index < -0.39 is 0 Å². The molecule has 1 aromatic heterocycles. The van der Waals surface area contributed by atoms with Gasteiger partial charge in [0.2, 0.25) is 0 Å². The zero-order valence-corrected chi connectivity index (χ0v) is 12.9. The SMILES string of the molecule is CNC(Cc1ccsc1)C1(CC(C)C)CCCC1. The van der Waals surface area contributed by atoms with Crippen molar-refractivity contribution in [1.82, 2.24) is 5.32 Å². The number of thiophene rings is 1. The van der Waals surface area contributed by atoms with Crippen LogP contribution in [-0.2, 0) is 6.42 Å². The molecule has 0 bridgehead atoms. The maximum absolute atomic E-state index is 3.63. The molecule has 1 saturated carbocycles. The number of hydrogen-bond donors (Lipinski definition) is 1. The topological polar surface area (TPSA) is 12.0 Å². The summed E-state index contributed by atoms with van der Waals surface area (Å²) in [4.78, 5) is 0. The van der Waals surface area contributed by atoms with Gasteiger partial charge in [0.1, 0.15) is 0 Å². The fourth-order valence-electron chi connectivity index (χ4n) is 3.86. The monoisotopic (exact) mass is 265 g/mol. The lowest BCUT2D eigenvalue weighted by Crippen LogP contribution is -2.44. The molecule has 2 rings (SSSR count). The number of rotatable bonds is 6. The Morgan fingerprint density at radius 3 is 2.56 bits per heavy atom. The molecule has 0 aromatic carbocycles. The van der Waals surface area contributed by atoms with E-state index in [0.717, 1.165) is 5.92 Å². The molecule has 18 heavy (non-hydrogen) atoms. The van der Waals surface area contributed by atoms with Crippen molar-refractivity contribution in [2.75, 3.05) is 7.05 Å². The van der Waals surface area contributed by atoms with Gasteiger partial charge in [-0.25, -0.2) is 0 Å². The first-order valence-electron chi connectivity index (χ1n) is 7.34. The molecule has 1 atom stereocenters. The number of hydrogen-bond acceptors (Lipinski definition) is 2. The van der Waals surface area contributed by atoms with Gasteiger partial charge in [-0.3, -0.25) is 0 Å². The Balaban J connectivity index is 2.11. The van der Waals surface area contributed by atoms with Gasteiger partial charge in [0.05, 0.1) is 0 Å². The van der Waals surface area contributed by atoms with Crippen LogP contribution in [0.4, 0.5) is 0 Å². The summed E-state index contributed by atoms with van der Waals surface area (Å²) in [7, 11) is 2.15. The van der Waals surface area contributed by atoms with Gasteiger partial charge in [0.25, 0.3) is 0 Å². The van der Waals surface area contributed by atoms with Gasteiger partial charge >= 0.3 is 0 Å². The Hall–Kier alpha value is -0.340. The highest BCUT2D eigenvalue weighted by Crippen LogP contribution is 2.46. The van der Waals surface area contributed by atoms with Crippen molar-refractivity contribution in [3.8, 4) is 0 Å². The first kappa shape index (κ1) is 14.1. The Morgan fingerprint density at radius 1 is 1.33 bits per heavy atom. The standard InChI is InChI=1S/C16H27NS/c1-13(2)11-16(7-4-5-8-16)15(17-3)10-14-6-9-18-12-14/h6,9,12-13,15,17H,4-5,7-8,10-11H2,1-3H3. The van der Waals surface area contributed by atoms with Gasteiger partial charge < -0.3 is 5.32 Å². The van der Waals surface area contributed by atoms with E-state index in [0.29, 0.717) is 11.5 Å². The first-order valence-corrected chi connectivity index (χ1v) is 8.29. The van der Waals surface area contributed by atoms with E-state index in [2.05, 4.69) is 43.0 Å². The lowest BCUT2D eigenvalue weighted by atomic mass is 9.71. The average molecular weight is 265 g/mol. The molecule has 1 fully saturated rings. The molecule has 1 N–H and O–H groups in total. The van der Waals surface area contributed by atoms with E-state index in [1.165, 1.54) is 44.1 Å². The molecule has 1 heterocycles. The number of nitrogens with one attached hydrogen (secondary N) is 1. The van der Waals surface area contributed by atoms with Crippen molar-refractivity contribution in [1.29, 1.82) is 0 Å².